The van der Waals surface area contributed by atoms with Crippen molar-refractivity contribution in [1.29, 1.82) is 0 Å². The molecule has 17 rings (SSSR count). The Hall–Kier alpha value is -10.4. The van der Waals surface area contributed by atoms with E-state index in [9.17, 15) is 83.4 Å². The molecule has 0 aliphatic heterocycles. The lowest BCUT2D eigenvalue weighted by Crippen LogP contribution is -2.25. The predicted octanol–water partition coefficient (Wildman–Crippen LogP) is 36.5. The van der Waals surface area contributed by atoms with Gasteiger partial charge in [-0.25, -0.2) is 70.2 Å². The number of hydrogen-bond donors (Lipinski definition) is 0. The molecule has 0 saturated heterocycles. The molecule has 718 valence electrons. The van der Waals surface area contributed by atoms with E-state index in [1.165, 1.54) is 215 Å². The zero-order valence-corrected chi connectivity index (χ0v) is 76.2. The van der Waals surface area contributed by atoms with Crippen LogP contribution >= 0.6 is 0 Å². The molecule has 0 heterocycles. The van der Waals surface area contributed by atoms with Crippen LogP contribution in [0.1, 0.15) is 282 Å². The van der Waals surface area contributed by atoms with Gasteiger partial charge in [0.25, 0.3) is 0 Å². The lowest BCUT2D eigenvalue weighted by atomic mass is 9.68. The van der Waals surface area contributed by atoms with Crippen LogP contribution in [0.3, 0.4) is 0 Å². The van der Waals surface area contributed by atoms with Crippen molar-refractivity contribution < 1.29 is 97.3 Å². The lowest BCUT2D eigenvalue weighted by Gasteiger charge is -2.38. The fourth-order valence-electron chi connectivity index (χ4n) is 21.6. The minimum Gasteiger partial charge on any atom is -0.429 e. The molecule has 0 radical (unpaired) electrons. The van der Waals surface area contributed by atoms with Crippen molar-refractivity contribution in [2.24, 2.45) is 35.5 Å². The SMILES string of the molecule is CCCC1CCC(C2CCC(c3ccc(-c4cc(F)c(C)c(F)c4)cc3)CC2)CC1.CCCC1CCC(C2CCC(c3ccc(-c4cc(F)c(F)c(F)c4)cc3)CC2)CC1.Fc1cc(-c2ccc(C3CCCCCC3)cc2)ccc1-c1cc(F)c(C(F)(F)Oc2cc(F)c(F)c(F)c2)c(F)c1.Fc1cc(OC(F)(F)c2c(F)cc(-c3ccc(C4CCCCCC4)cc3)cc2F)cc(F)c1F. The third-order valence-electron chi connectivity index (χ3n) is 29.2. The first kappa shape index (κ1) is 101. The molecule has 11 aromatic carbocycles. The molecule has 6 fully saturated rings. The Kier molecular flexibility index (Phi) is 34.1. The molecule has 0 bridgehead atoms. The minimum absolute atomic E-state index is 0.0424. The maximum absolute atomic E-state index is 15.1. The Morgan fingerprint density at radius 3 is 0.763 bits per heavy atom. The Bertz CT molecular complexity index is 5490. The van der Waals surface area contributed by atoms with E-state index in [2.05, 4.69) is 47.6 Å². The smallest absolute Gasteiger partial charge is 0.429 e. The third-order valence-corrected chi connectivity index (χ3v) is 29.2. The van der Waals surface area contributed by atoms with Gasteiger partial charge >= 0.3 is 12.2 Å². The summed E-state index contributed by atoms with van der Waals surface area (Å²) in [6.45, 7) is 6.10. The maximum atomic E-state index is 15.1. The van der Waals surface area contributed by atoms with E-state index >= 15 is 4.39 Å². The highest BCUT2D eigenvalue weighted by molar-refractivity contribution is 5.72. The Morgan fingerprint density at radius 1 is 0.237 bits per heavy atom. The predicted molar refractivity (Wildman–Crippen MR) is 490 cm³/mol. The first-order valence-corrected chi connectivity index (χ1v) is 48.0. The van der Waals surface area contributed by atoms with Gasteiger partial charge in [-0.2, -0.15) is 17.6 Å². The number of ether oxygens (including phenoxy) is 2. The van der Waals surface area contributed by atoms with E-state index in [1.807, 2.05) is 60.7 Å². The molecule has 6 saturated carbocycles. The Balaban J connectivity index is 0.000000145. The summed E-state index contributed by atoms with van der Waals surface area (Å²) in [4.78, 5) is 0. The van der Waals surface area contributed by atoms with E-state index in [4.69, 9.17) is 0 Å². The van der Waals surface area contributed by atoms with Gasteiger partial charge in [0.05, 0.1) is 0 Å². The van der Waals surface area contributed by atoms with Crippen molar-refractivity contribution in [3.8, 4) is 67.1 Å². The molecule has 6 aliphatic rings. The average molecular weight is 1880 g/mol. The summed E-state index contributed by atoms with van der Waals surface area (Å²) in [7, 11) is 0. The van der Waals surface area contributed by atoms with Gasteiger partial charge in [0.2, 0.25) is 0 Å². The van der Waals surface area contributed by atoms with Crippen LogP contribution in [0.25, 0.3) is 55.6 Å². The molecule has 22 heteroatoms. The number of halogens is 20. The number of alkyl halides is 4. The van der Waals surface area contributed by atoms with Crippen LogP contribution in [0, 0.1) is 136 Å². The van der Waals surface area contributed by atoms with E-state index in [0.29, 0.717) is 63.6 Å². The van der Waals surface area contributed by atoms with Gasteiger partial charge in [0.15, 0.2) is 52.4 Å². The summed E-state index contributed by atoms with van der Waals surface area (Å²) in [6, 6.07) is 43.4. The quantitative estimate of drug-likeness (QED) is 0.0406. The summed E-state index contributed by atoms with van der Waals surface area (Å²) in [6.07, 6.45) is 32.1. The van der Waals surface area contributed by atoms with Crippen LogP contribution in [-0.4, -0.2) is 0 Å². The van der Waals surface area contributed by atoms with Crippen LogP contribution in [-0.2, 0) is 12.2 Å². The monoisotopic (exact) mass is 1880 g/mol. The van der Waals surface area contributed by atoms with E-state index in [1.54, 1.807) is 18.2 Å². The molecular weight excluding hydrogens is 1770 g/mol. The molecule has 0 aromatic heterocycles. The molecule has 0 N–H and O–H groups in total. The van der Waals surface area contributed by atoms with Gasteiger partial charge < -0.3 is 9.47 Å². The van der Waals surface area contributed by atoms with E-state index in [-0.39, 0.29) is 46.5 Å². The topological polar surface area (TPSA) is 18.5 Å². The Morgan fingerprint density at radius 2 is 0.474 bits per heavy atom. The lowest BCUT2D eigenvalue weighted by molar-refractivity contribution is -0.190. The van der Waals surface area contributed by atoms with E-state index < -0.39 is 128 Å². The molecule has 11 aromatic rings. The van der Waals surface area contributed by atoms with Crippen molar-refractivity contribution in [2.45, 2.75) is 262 Å². The van der Waals surface area contributed by atoms with Crippen LogP contribution in [0.15, 0.2) is 188 Å². The molecule has 135 heavy (non-hydrogen) atoms. The van der Waals surface area contributed by atoms with Gasteiger partial charge in [0, 0.05) is 35.4 Å². The summed E-state index contributed by atoms with van der Waals surface area (Å²) in [5.74, 6) is -17.8. The highest BCUT2D eigenvalue weighted by Crippen LogP contribution is 2.50. The van der Waals surface area contributed by atoms with Crippen molar-refractivity contribution in [3.05, 3.63) is 320 Å². The van der Waals surface area contributed by atoms with Gasteiger partial charge in [-0.15, -0.1) is 0 Å². The van der Waals surface area contributed by atoms with Crippen molar-refractivity contribution >= 4 is 0 Å². The first-order valence-electron chi connectivity index (χ1n) is 48.0. The largest absolute Gasteiger partial charge is 0.432 e. The van der Waals surface area contributed by atoms with Crippen molar-refractivity contribution in [2.75, 3.05) is 0 Å². The summed E-state index contributed by atoms with van der Waals surface area (Å²) < 4.78 is 288. The zero-order valence-electron chi connectivity index (χ0n) is 76.2. The van der Waals surface area contributed by atoms with Crippen LogP contribution in [0.2, 0.25) is 0 Å². The van der Waals surface area contributed by atoms with Gasteiger partial charge in [-0.1, -0.05) is 226 Å². The van der Waals surface area contributed by atoms with Crippen LogP contribution in [0.5, 0.6) is 11.5 Å². The zero-order chi connectivity index (χ0) is 95.9. The number of benzene rings is 11. The van der Waals surface area contributed by atoms with Crippen molar-refractivity contribution in [3.63, 3.8) is 0 Å². The summed E-state index contributed by atoms with van der Waals surface area (Å²) in [5, 5.41) is 0. The van der Waals surface area contributed by atoms with Gasteiger partial charge in [-0.05, 0) is 296 Å². The average Bonchev–Trinajstić information content (AvgIpc) is 1.13. The van der Waals surface area contributed by atoms with Crippen molar-refractivity contribution in [1.82, 2.24) is 0 Å². The second-order valence-electron chi connectivity index (χ2n) is 38.0. The number of rotatable bonds is 21. The van der Waals surface area contributed by atoms with Gasteiger partial charge in [0.1, 0.15) is 63.3 Å². The highest BCUT2D eigenvalue weighted by Gasteiger charge is 2.44. The Labute approximate surface area is 778 Å². The number of hydrogen-bond acceptors (Lipinski definition) is 2. The third kappa shape index (κ3) is 25.3. The molecule has 0 unspecified atom stereocenters. The molecule has 2 nitrogen and oxygen atoms in total. The molecule has 0 atom stereocenters. The summed E-state index contributed by atoms with van der Waals surface area (Å²) >= 11 is 0. The molecule has 0 amide bonds. The minimum atomic E-state index is -4.74. The van der Waals surface area contributed by atoms with Crippen LogP contribution in [0.4, 0.5) is 87.8 Å². The summed E-state index contributed by atoms with van der Waals surface area (Å²) in [5.41, 5.74) is 5.30. The van der Waals surface area contributed by atoms with E-state index in [0.717, 1.165) is 115 Å². The maximum Gasteiger partial charge on any atom is 0.432 e. The highest BCUT2D eigenvalue weighted by atomic mass is 19.3. The fourth-order valence-corrected chi connectivity index (χ4v) is 21.6. The second-order valence-corrected chi connectivity index (χ2v) is 38.0. The molecule has 0 spiro atoms. The standard InChI is InChI=1S/C32H24F8O.C28H36F2.C27H33F3.C26H21F7O/c33-25-13-21(20-9-7-19(8-10-20)18-5-3-1-2-4-6-18)11-12-24(25)22-14-26(34)30(27(35)15-22)32(39,40)41-23-16-28(36)31(38)29(37)17-23;1-3-4-20-5-7-21(8-6-20)22-9-11-23(12-10-22)24-13-15-25(16-14-24)26-17-27(29)19(2)28(30)18-26;1-2-3-18-4-6-19(7-5-18)20-8-10-21(11-9-20)22-12-14-23(15-13-22)24-16-25(28)27(30)26(29)17-24;27-20-11-18(17-9-7-16(8-10-17)15-5-3-1-2-4-6-15)12-21(28)24(20)26(32,33)34-19-13-22(29)25(31)23(30)14-19/h7-18H,1-6H2;13-18,20-23H,3-12H2,1-2H3;12-21H,2-11H2,1H3;7-15H,1-6H2. The van der Waals surface area contributed by atoms with Gasteiger partial charge in [-0.3, -0.25) is 0 Å². The normalized spacial score (nSPS) is 20.4. The molecular formula is C113H114F20O2. The second kappa shape index (κ2) is 45.7. The van der Waals surface area contributed by atoms with Crippen LogP contribution < -0.4 is 9.47 Å². The first-order chi connectivity index (χ1) is 64.8. The fraction of sp³-hybridized carbons (Fsp3) is 0.416. The molecule has 6 aliphatic carbocycles.